The first-order valence-electron chi connectivity index (χ1n) is 6.59. The van der Waals surface area contributed by atoms with Crippen molar-refractivity contribution in [1.82, 2.24) is 9.88 Å². The van der Waals surface area contributed by atoms with Crippen molar-refractivity contribution in [1.29, 1.82) is 0 Å². The van der Waals surface area contributed by atoms with Gasteiger partial charge in [0.05, 0.1) is 6.61 Å². The summed E-state index contributed by atoms with van der Waals surface area (Å²) in [5, 5.41) is 0. The van der Waals surface area contributed by atoms with Crippen molar-refractivity contribution in [3.63, 3.8) is 0 Å². The summed E-state index contributed by atoms with van der Waals surface area (Å²) >= 11 is 0. The molecule has 2 heterocycles. The largest absolute Gasteiger partial charge is 0.379 e. The minimum Gasteiger partial charge on any atom is -0.379 e. The average molecular weight is 263 g/mol. The lowest BCUT2D eigenvalue weighted by molar-refractivity contribution is -0.139. The van der Waals surface area contributed by atoms with Crippen molar-refractivity contribution in [2.45, 2.75) is 38.4 Å². The number of amides is 1. The summed E-state index contributed by atoms with van der Waals surface area (Å²) in [4.78, 5) is 18.5. The molecule has 0 aromatic carbocycles. The van der Waals surface area contributed by atoms with Crippen LogP contribution in [0.1, 0.15) is 25.8 Å². The first-order valence-corrected chi connectivity index (χ1v) is 6.59. The molecule has 1 amide bonds. The fraction of sp³-hybridized carbons (Fsp3) is 0.571. The Labute approximate surface area is 113 Å². The molecule has 0 saturated carbocycles. The average Bonchev–Trinajstić information content (AvgIpc) is 2.84. The van der Waals surface area contributed by atoms with Crippen molar-refractivity contribution < 1.29 is 9.53 Å². The van der Waals surface area contributed by atoms with Crippen molar-refractivity contribution in [2.75, 3.05) is 13.2 Å². The van der Waals surface area contributed by atoms with Crippen LogP contribution in [0.2, 0.25) is 0 Å². The van der Waals surface area contributed by atoms with E-state index in [2.05, 4.69) is 4.98 Å². The number of carbonyl (C=O) groups is 1. The van der Waals surface area contributed by atoms with E-state index in [1.807, 2.05) is 26.0 Å². The van der Waals surface area contributed by atoms with Gasteiger partial charge in [-0.1, -0.05) is 6.07 Å². The maximum Gasteiger partial charge on any atom is 0.245 e. The summed E-state index contributed by atoms with van der Waals surface area (Å²) in [6.45, 7) is 5.38. The van der Waals surface area contributed by atoms with Crippen LogP contribution in [-0.4, -0.2) is 40.6 Å². The predicted octanol–water partition coefficient (Wildman–Crippen LogP) is 0.936. The van der Waals surface area contributed by atoms with Gasteiger partial charge in [-0.15, -0.1) is 0 Å². The molecule has 1 aromatic rings. The maximum atomic E-state index is 12.6. The molecule has 0 aliphatic carbocycles. The highest BCUT2D eigenvalue weighted by atomic mass is 16.5. The van der Waals surface area contributed by atoms with Crippen LogP contribution in [-0.2, 0) is 16.1 Å². The quantitative estimate of drug-likeness (QED) is 0.877. The lowest BCUT2D eigenvalue weighted by Gasteiger charge is -2.33. The van der Waals surface area contributed by atoms with Gasteiger partial charge >= 0.3 is 0 Å². The first-order chi connectivity index (χ1) is 9.03. The van der Waals surface area contributed by atoms with Crippen LogP contribution in [0.15, 0.2) is 24.5 Å². The SMILES string of the molecule is CC(C)N(Cc1cccnc1)C(=O)C1(N)CCOC1. The number of rotatable bonds is 4. The molecule has 1 unspecified atom stereocenters. The monoisotopic (exact) mass is 263 g/mol. The number of hydrogen-bond donors (Lipinski definition) is 1. The molecule has 1 fully saturated rings. The van der Waals surface area contributed by atoms with E-state index in [1.54, 1.807) is 17.3 Å². The zero-order valence-corrected chi connectivity index (χ0v) is 11.5. The Hall–Kier alpha value is -1.46. The molecule has 5 heteroatoms. The summed E-state index contributed by atoms with van der Waals surface area (Å²) in [7, 11) is 0. The second-order valence-electron chi connectivity index (χ2n) is 5.35. The Morgan fingerprint density at radius 1 is 1.63 bits per heavy atom. The van der Waals surface area contributed by atoms with Crippen LogP contribution >= 0.6 is 0 Å². The molecule has 0 bridgehead atoms. The Balaban J connectivity index is 2.14. The Morgan fingerprint density at radius 2 is 2.42 bits per heavy atom. The second-order valence-corrected chi connectivity index (χ2v) is 5.35. The zero-order valence-electron chi connectivity index (χ0n) is 11.5. The lowest BCUT2D eigenvalue weighted by atomic mass is 9.97. The van der Waals surface area contributed by atoms with Gasteiger partial charge in [0, 0.05) is 31.6 Å². The maximum absolute atomic E-state index is 12.6. The van der Waals surface area contributed by atoms with E-state index < -0.39 is 5.54 Å². The van der Waals surface area contributed by atoms with Crippen LogP contribution in [0.5, 0.6) is 0 Å². The van der Waals surface area contributed by atoms with Gasteiger partial charge in [0.1, 0.15) is 5.54 Å². The smallest absolute Gasteiger partial charge is 0.245 e. The van der Waals surface area contributed by atoms with Crippen LogP contribution in [0.25, 0.3) is 0 Å². The summed E-state index contributed by atoms with van der Waals surface area (Å²) in [5.41, 5.74) is 6.30. The summed E-state index contributed by atoms with van der Waals surface area (Å²) in [6.07, 6.45) is 4.08. The normalized spacial score (nSPS) is 22.7. The summed E-state index contributed by atoms with van der Waals surface area (Å²) in [6, 6.07) is 3.92. The summed E-state index contributed by atoms with van der Waals surface area (Å²) in [5.74, 6) is -0.0381. The van der Waals surface area contributed by atoms with Crippen LogP contribution in [0.3, 0.4) is 0 Å². The molecule has 5 nitrogen and oxygen atoms in total. The van der Waals surface area contributed by atoms with E-state index in [1.165, 1.54) is 0 Å². The van der Waals surface area contributed by atoms with E-state index in [0.717, 1.165) is 5.56 Å². The number of ether oxygens (including phenoxy) is 1. The molecule has 0 radical (unpaired) electrons. The predicted molar refractivity (Wildman–Crippen MR) is 72.3 cm³/mol. The van der Waals surface area contributed by atoms with Gasteiger partial charge in [-0.25, -0.2) is 0 Å². The van der Waals surface area contributed by atoms with Crippen molar-refractivity contribution in [2.24, 2.45) is 5.73 Å². The molecule has 1 aliphatic rings. The molecule has 1 saturated heterocycles. The molecular formula is C14H21N3O2. The van der Waals surface area contributed by atoms with Gasteiger partial charge in [-0.3, -0.25) is 9.78 Å². The van der Waals surface area contributed by atoms with Gasteiger partial charge in [0.15, 0.2) is 0 Å². The minimum absolute atomic E-state index is 0.0381. The molecule has 0 spiro atoms. The molecule has 2 N–H and O–H groups in total. The van der Waals surface area contributed by atoms with Crippen molar-refractivity contribution in [3.8, 4) is 0 Å². The van der Waals surface area contributed by atoms with E-state index >= 15 is 0 Å². The van der Waals surface area contributed by atoms with Gasteiger partial charge in [-0.05, 0) is 31.9 Å². The molecule has 1 atom stereocenters. The minimum atomic E-state index is -0.869. The van der Waals surface area contributed by atoms with Crippen molar-refractivity contribution >= 4 is 5.91 Å². The van der Waals surface area contributed by atoms with Gasteiger partial charge in [0.2, 0.25) is 5.91 Å². The van der Waals surface area contributed by atoms with E-state index in [4.69, 9.17) is 10.5 Å². The van der Waals surface area contributed by atoms with E-state index in [9.17, 15) is 4.79 Å². The molecule has 1 aliphatic heterocycles. The molecule has 19 heavy (non-hydrogen) atoms. The molecule has 1 aromatic heterocycles. The first kappa shape index (κ1) is 14.0. The fourth-order valence-electron chi connectivity index (χ4n) is 2.21. The Bertz CT molecular complexity index is 428. The Morgan fingerprint density at radius 3 is 2.95 bits per heavy atom. The molecule has 104 valence electrons. The third kappa shape index (κ3) is 3.11. The van der Waals surface area contributed by atoms with E-state index in [0.29, 0.717) is 26.2 Å². The zero-order chi connectivity index (χ0) is 13.9. The third-order valence-electron chi connectivity index (χ3n) is 3.44. The fourth-order valence-corrected chi connectivity index (χ4v) is 2.21. The lowest BCUT2D eigenvalue weighted by Crippen LogP contribution is -2.57. The van der Waals surface area contributed by atoms with Gasteiger partial charge in [0.25, 0.3) is 0 Å². The topological polar surface area (TPSA) is 68.5 Å². The van der Waals surface area contributed by atoms with Crippen LogP contribution in [0.4, 0.5) is 0 Å². The number of carbonyl (C=O) groups excluding carboxylic acids is 1. The number of nitrogens with zero attached hydrogens (tertiary/aromatic N) is 2. The van der Waals surface area contributed by atoms with Crippen LogP contribution in [0, 0.1) is 0 Å². The number of aromatic nitrogens is 1. The third-order valence-corrected chi connectivity index (χ3v) is 3.44. The Kier molecular flexibility index (Phi) is 4.17. The highest BCUT2D eigenvalue weighted by Crippen LogP contribution is 2.21. The number of pyridine rings is 1. The second kappa shape index (κ2) is 5.67. The van der Waals surface area contributed by atoms with Crippen LogP contribution < -0.4 is 5.73 Å². The standard InChI is InChI=1S/C14H21N3O2/c1-11(2)17(9-12-4-3-6-16-8-12)13(18)14(15)5-7-19-10-14/h3-4,6,8,11H,5,7,9-10,15H2,1-2H3. The summed E-state index contributed by atoms with van der Waals surface area (Å²) < 4.78 is 5.28. The van der Waals surface area contributed by atoms with Gasteiger partial charge in [-0.2, -0.15) is 0 Å². The molecule has 2 rings (SSSR count). The number of nitrogens with two attached hydrogens (primary N) is 1. The van der Waals surface area contributed by atoms with Gasteiger partial charge < -0.3 is 15.4 Å². The van der Waals surface area contributed by atoms with Crippen molar-refractivity contribution in [3.05, 3.63) is 30.1 Å². The highest BCUT2D eigenvalue weighted by Gasteiger charge is 2.41. The highest BCUT2D eigenvalue weighted by molar-refractivity contribution is 5.86. The van der Waals surface area contributed by atoms with E-state index in [-0.39, 0.29) is 11.9 Å². The molecular weight excluding hydrogens is 242 g/mol. The number of hydrogen-bond acceptors (Lipinski definition) is 4.